The van der Waals surface area contributed by atoms with Gasteiger partial charge in [-0.15, -0.1) is 5.10 Å². The molecule has 0 aliphatic heterocycles. The van der Waals surface area contributed by atoms with Crippen molar-refractivity contribution >= 4 is 5.65 Å². The summed E-state index contributed by atoms with van der Waals surface area (Å²) in [5.74, 6) is 0.750. The summed E-state index contributed by atoms with van der Waals surface area (Å²) in [7, 11) is 0. The molecule has 2 aromatic heterocycles. The molecule has 2 N–H and O–H groups in total. The van der Waals surface area contributed by atoms with Gasteiger partial charge in [-0.25, -0.2) is 9.50 Å². The number of hydrogen-bond acceptors (Lipinski definition) is 3. The lowest BCUT2D eigenvalue weighted by molar-refractivity contribution is 0.924. The SMILES string of the molecule is NCCc1cccn2nc(-c3ccccc3)nc12. The Labute approximate surface area is 105 Å². The fourth-order valence-corrected chi connectivity index (χ4v) is 2.02. The normalized spacial score (nSPS) is 10.9. The van der Waals surface area contributed by atoms with Crippen molar-refractivity contribution in [2.24, 2.45) is 5.73 Å². The predicted octanol–water partition coefficient (Wildman–Crippen LogP) is 1.90. The zero-order valence-corrected chi connectivity index (χ0v) is 9.95. The number of hydrogen-bond donors (Lipinski definition) is 1. The summed E-state index contributed by atoms with van der Waals surface area (Å²) >= 11 is 0. The van der Waals surface area contributed by atoms with Gasteiger partial charge in [-0.1, -0.05) is 36.4 Å². The van der Waals surface area contributed by atoms with Crippen LogP contribution in [0.3, 0.4) is 0 Å². The first kappa shape index (κ1) is 10.9. The van der Waals surface area contributed by atoms with E-state index in [0.717, 1.165) is 29.0 Å². The van der Waals surface area contributed by atoms with E-state index < -0.39 is 0 Å². The Morgan fingerprint density at radius 2 is 1.89 bits per heavy atom. The maximum Gasteiger partial charge on any atom is 0.182 e. The van der Waals surface area contributed by atoms with Crippen molar-refractivity contribution in [2.75, 3.05) is 6.54 Å². The van der Waals surface area contributed by atoms with Gasteiger partial charge in [0, 0.05) is 11.8 Å². The van der Waals surface area contributed by atoms with Gasteiger partial charge >= 0.3 is 0 Å². The highest BCUT2D eigenvalue weighted by atomic mass is 15.3. The van der Waals surface area contributed by atoms with Crippen LogP contribution in [0, 0.1) is 0 Å². The van der Waals surface area contributed by atoms with Crippen molar-refractivity contribution in [1.82, 2.24) is 14.6 Å². The van der Waals surface area contributed by atoms with Gasteiger partial charge in [-0.3, -0.25) is 0 Å². The lowest BCUT2D eigenvalue weighted by Crippen LogP contribution is -2.04. The van der Waals surface area contributed by atoms with Gasteiger partial charge in [0.2, 0.25) is 0 Å². The van der Waals surface area contributed by atoms with E-state index in [1.807, 2.05) is 53.2 Å². The van der Waals surface area contributed by atoms with Crippen LogP contribution in [0.25, 0.3) is 17.0 Å². The van der Waals surface area contributed by atoms with E-state index in [4.69, 9.17) is 5.73 Å². The van der Waals surface area contributed by atoms with E-state index in [0.29, 0.717) is 6.54 Å². The molecule has 0 aliphatic rings. The lowest BCUT2D eigenvalue weighted by Gasteiger charge is -1.98. The van der Waals surface area contributed by atoms with Crippen LogP contribution in [0.15, 0.2) is 48.7 Å². The molecule has 2 heterocycles. The van der Waals surface area contributed by atoms with Crippen molar-refractivity contribution in [3.63, 3.8) is 0 Å². The third-order valence-corrected chi connectivity index (χ3v) is 2.89. The molecule has 0 saturated heterocycles. The monoisotopic (exact) mass is 238 g/mol. The van der Waals surface area contributed by atoms with Crippen LogP contribution in [-0.2, 0) is 6.42 Å². The number of aromatic nitrogens is 3. The first-order chi connectivity index (χ1) is 8.88. The number of rotatable bonds is 3. The molecule has 4 nitrogen and oxygen atoms in total. The second-order valence-electron chi connectivity index (χ2n) is 4.14. The van der Waals surface area contributed by atoms with Gasteiger partial charge in [0.1, 0.15) is 0 Å². The molecule has 3 aromatic rings. The minimum atomic E-state index is 0.618. The zero-order valence-electron chi connectivity index (χ0n) is 9.95. The van der Waals surface area contributed by atoms with Gasteiger partial charge in [0.15, 0.2) is 11.5 Å². The van der Waals surface area contributed by atoms with Gasteiger partial charge in [0.25, 0.3) is 0 Å². The van der Waals surface area contributed by atoms with E-state index >= 15 is 0 Å². The minimum absolute atomic E-state index is 0.618. The number of benzene rings is 1. The summed E-state index contributed by atoms with van der Waals surface area (Å²) in [6.07, 6.45) is 2.73. The van der Waals surface area contributed by atoms with Gasteiger partial charge in [-0.05, 0) is 24.6 Å². The molecule has 3 rings (SSSR count). The van der Waals surface area contributed by atoms with Crippen LogP contribution < -0.4 is 5.73 Å². The predicted molar refractivity (Wildman–Crippen MR) is 71.2 cm³/mol. The molecular formula is C14H14N4. The smallest absolute Gasteiger partial charge is 0.182 e. The quantitative estimate of drug-likeness (QED) is 0.758. The van der Waals surface area contributed by atoms with Crippen LogP contribution >= 0.6 is 0 Å². The van der Waals surface area contributed by atoms with Crippen molar-refractivity contribution < 1.29 is 0 Å². The fourth-order valence-electron chi connectivity index (χ4n) is 2.02. The fraction of sp³-hybridized carbons (Fsp3) is 0.143. The molecule has 1 aromatic carbocycles. The number of fused-ring (bicyclic) bond motifs is 1. The van der Waals surface area contributed by atoms with Crippen LogP contribution in [0.4, 0.5) is 0 Å². The Morgan fingerprint density at radius 3 is 2.67 bits per heavy atom. The molecule has 4 heteroatoms. The third kappa shape index (κ3) is 1.87. The van der Waals surface area contributed by atoms with Crippen LogP contribution in [0.1, 0.15) is 5.56 Å². The van der Waals surface area contributed by atoms with Crippen molar-refractivity contribution in [1.29, 1.82) is 0 Å². The molecule has 0 amide bonds. The van der Waals surface area contributed by atoms with Gasteiger partial charge in [-0.2, -0.15) is 0 Å². The highest BCUT2D eigenvalue weighted by Gasteiger charge is 2.08. The third-order valence-electron chi connectivity index (χ3n) is 2.89. The summed E-state index contributed by atoms with van der Waals surface area (Å²) in [5.41, 5.74) is 8.66. The number of nitrogens with two attached hydrogens (primary N) is 1. The van der Waals surface area contributed by atoms with Gasteiger partial charge in [0.05, 0.1) is 0 Å². The Balaban J connectivity index is 2.14. The molecule has 0 fully saturated rings. The highest BCUT2D eigenvalue weighted by molar-refractivity contribution is 5.59. The standard InChI is InChI=1S/C14H14N4/c15-9-8-12-7-4-10-18-14(12)16-13(17-18)11-5-2-1-3-6-11/h1-7,10H,8-9,15H2. The van der Waals surface area contributed by atoms with E-state index in [9.17, 15) is 0 Å². The second kappa shape index (κ2) is 4.58. The summed E-state index contributed by atoms with van der Waals surface area (Å²) in [5, 5.41) is 4.49. The second-order valence-corrected chi connectivity index (χ2v) is 4.14. The Morgan fingerprint density at radius 1 is 1.06 bits per heavy atom. The van der Waals surface area contributed by atoms with E-state index in [-0.39, 0.29) is 0 Å². The van der Waals surface area contributed by atoms with E-state index in [1.54, 1.807) is 0 Å². The molecule has 0 atom stereocenters. The molecule has 0 bridgehead atoms. The number of pyridine rings is 1. The molecule has 0 aliphatic carbocycles. The Bertz CT molecular complexity index is 658. The van der Waals surface area contributed by atoms with Crippen molar-refractivity contribution in [3.05, 3.63) is 54.2 Å². The molecule has 90 valence electrons. The Hall–Kier alpha value is -2.20. The van der Waals surface area contributed by atoms with Crippen molar-refractivity contribution in [3.8, 4) is 11.4 Å². The largest absolute Gasteiger partial charge is 0.330 e. The molecule has 0 spiro atoms. The van der Waals surface area contributed by atoms with E-state index in [1.165, 1.54) is 0 Å². The molecule has 0 radical (unpaired) electrons. The summed E-state index contributed by atoms with van der Waals surface area (Å²) in [4.78, 5) is 4.60. The molecular weight excluding hydrogens is 224 g/mol. The van der Waals surface area contributed by atoms with Crippen LogP contribution in [-0.4, -0.2) is 21.1 Å². The average molecular weight is 238 g/mol. The molecule has 0 unspecified atom stereocenters. The maximum atomic E-state index is 5.61. The number of nitrogens with zero attached hydrogens (tertiary/aromatic N) is 3. The topological polar surface area (TPSA) is 56.2 Å². The first-order valence-corrected chi connectivity index (χ1v) is 5.98. The molecule has 18 heavy (non-hydrogen) atoms. The Kier molecular flexibility index (Phi) is 2.78. The summed E-state index contributed by atoms with van der Waals surface area (Å²) in [6, 6.07) is 14.0. The lowest BCUT2D eigenvalue weighted by atomic mass is 10.2. The average Bonchev–Trinajstić information content (AvgIpc) is 2.85. The van der Waals surface area contributed by atoms with Crippen molar-refractivity contribution in [2.45, 2.75) is 6.42 Å². The van der Waals surface area contributed by atoms with Crippen LogP contribution in [0.5, 0.6) is 0 Å². The zero-order chi connectivity index (χ0) is 12.4. The van der Waals surface area contributed by atoms with E-state index in [2.05, 4.69) is 10.1 Å². The first-order valence-electron chi connectivity index (χ1n) is 5.98. The highest BCUT2D eigenvalue weighted by Crippen LogP contribution is 2.17. The minimum Gasteiger partial charge on any atom is -0.330 e. The molecule has 0 saturated carbocycles. The maximum absolute atomic E-state index is 5.61. The summed E-state index contributed by atoms with van der Waals surface area (Å²) in [6.45, 7) is 0.618. The van der Waals surface area contributed by atoms with Crippen LogP contribution in [0.2, 0.25) is 0 Å². The van der Waals surface area contributed by atoms with Gasteiger partial charge < -0.3 is 5.73 Å². The summed E-state index contributed by atoms with van der Waals surface area (Å²) < 4.78 is 1.81.